The fourth-order valence-corrected chi connectivity index (χ4v) is 4.11. The first-order valence-corrected chi connectivity index (χ1v) is 10.3. The van der Waals surface area contributed by atoms with Crippen LogP contribution < -0.4 is 10.4 Å². The quantitative estimate of drug-likeness (QED) is 0.389. The summed E-state index contributed by atoms with van der Waals surface area (Å²) in [7, 11) is 0. The number of ether oxygens (including phenoxy) is 3. The Morgan fingerprint density at radius 1 is 1.13 bits per heavy atom. The zero-order valence-electron chi connectivity index (χ0n) is 18.1. The second kappa shape index (κ2) is 7.60. The molecule has 1 saturated heterocycles. The lowest BCUT2D eigenvalue weighted by Gasteiger charge is -2.24. The lowest BCUT2D eigenvalue weighted by atomic mass is 9.96. The second-order valence-electron chi connectivity index (χ2n) is 8.82. The van der Waals surface area contributed by atoms with Crippen LogP contribution in [0.3, 0.4) is 0 Å². The molecule has 0 unspecified atom stereocenters. The molecule has 160 valence electrons. The fraction of sp³-hybridized carbons (Fsp3) is 0.458. The molecule has 0 radical (unpaired) electrons. The van der Waals surface area contributed by atoms with Crippen LogP contribution in [0.5, 0.6) is 5.75 Å². The van der Waals surface area contributed by atoms with Gasteiger partial charge in [-0.1, -0.05) is 5.57 Å². The van der Waals surface area contributed by atoms with Crippen LogP contribution in [0.4, 0.5) is 0 Å². The van der Waals surface area contributed by atoms with Crippen LogP contribution in [0.15, 0.2) is 55.8 Å². The van der Waals surface area contributed by atoms with Gasteiger partial charge in [0.05, 0.1) is 28.7 Å². The molecule has 0 saturated carbocycles. The number of fused-ring (bicyclic) bond motifs is 2. The third kappa shape index (κ3) is 4.16. The zero-order valence-corrected chi connectivity index (χ0v) is 18.1. The van der Waals surface area contributed by atoms with E-state index in [1.807, 2.05) is 19.9 Å². The molecule has 0 aliphatic carbocycles. The number of hydrogen-bond acceptors (Lipinski definition) is 6. The van der Waals surface area contributed by atoms with E-state index in [-0.39, 0.29) is 11.7 Å². The molecule has 3 heterocycles. The maximum Gasteiger partial charge on any atom is 0.336 e. The molecule has 0 amide bonds. The van der Waals surface area contributed by atoms with Crippen molar-refractivity contribution in [3.8, 4) is 5.75 Å². The van der Waals surface area contributed by atoms with Gasteiger partial charge in [0.1, 0.15) is 23.5 Å². The molecule has 1 aliphatic rings. The first-order chi connectivity index (χ1) is 14.1. The van der Waals surface area contributed by atoms with E-state index in [1.54, 1.807) is 18.4 Å². The Morgan fingerprint density at radius 2 is 1.90 bits per heavy atom. The summed E-state index contributed by atoms with van der Waals surface area (Å²) in [6.45, 7) is 10.5. The third-order valence-corrected chi connectivity index (χ3v) is 5.48. The molecule has 4 rings (SSSR count). The molecular formula is C24H28O6. The summed E-state index contributed by atoms with van der Waals surface area (Å²) in [5.74, 6) is 0.105. The monoisotopic (exact) mass is 412 g/mol. The standard InChI is InChI=1S/C24H28O6/c1-15(6-8-20-23(2,3)30-24(4,5)29-20)10-12-27-22-16-7-9-21(25)28-19(16)14-18-17(22)11-13-26-18/h7,9-11,13-14,20H,6,8,12H2,1-5H3/b15-10+/t20-/m0/s1. The molecule has 3 aromatic rings. The molecule has 30 heavy (non-hydrogen) atoms. The Balaban J connectivity index is 1.46. The first kappa shape index (κ1) is 20.7. The molecule has 1 aromatic carbocycles. The van der Waals surface area contributed by atoms with Gasteiger partial charge in [0.2, 0.25) is 0 Å². The van der Waals surface area contributed by atoms with E-state index in [0.29, 0.717) is 23.5 Å². The number of rotatable bonds is 6. The van der Waals surface area contributed by atoms with E-state index in [1.165, 1.54) is 11.6 Å². The Bertz CT molecular complexity index is 1150. The predicted molar refractivity (Wildman–Crippen MR) is 115 cm³/mol. The van der Waals surface area contributed by atoms with Gasteiger partial charge in [-0.2, -0.15) is 0 Å². The van der Waals surface area contributed by atoms with Crippen LogP contribution in [-0.4, -0.2) is 24.1 Å². The maximum atomic E-state index is 11.6. The molecule has 0 spiro atoms. The smallest absolute Gasteiger partial charge is 0.336 e. The second-order valence-corrected chi connectivity index (χ2v) is 8.82. The van der Waals surface area contributed by atoms with Gasteiger partial charge >= 0.3 is 5.63 Å². The normalized spacial score (nSPS) is 20.8. The Labute approximate surface area is 175 Å². The summed E-state index contributed by atoms with van der Waals surface area (Å²) in [5, 5.41) is 1.60. The summed E-state index contributed by atoms with van der Waals surface area (Å²) in [6, 6.07) is 6.69. The van der Waals surface area contributed by atoms with Crippen molar-refractivity contribution in [3.05, 3.63) is 52.6 Å². The molecule has 2 aromatic heterocycles. The minimum Gasteiger partial charge on any atom is -0.488 e. The van der Waals surface area contributed by atoms with Crippen LogP contribution >= 0.6 is 0 Å². The highest BCUT2D eigenvalue weighted by molar-refractivity contribution is 6.01. The summed E-state index contributed by atoms with van der Waals surface area (Å²) < 4.78 is 28.9. The zero-order chi connectivity index (χ0) is 21.5. The highest BCUT2D eigenvalue weighted by Crippen LogP contribution is 2.38. The number of hydrogen-bond donors (Lipinski definition) is 0. The number of furan rings is 1. The third-order valence-electron chi connectivity index (χ3n) is 5.48. The van der Waals surface area contributed by atoms with Gasteiger partial charge in [-0.15, -0.1) is 0 Å². The Morgan fingerprint density at radius 3 is 2.63 bits per heavy atom. The largest absolute Gasteiger partial charge is 0.488 e. The molecular weight excluding hydrogens is 384 g/mol. The molecule has 6 nitrogen and oxygen atoms in total. The van der Waals surface area contributed by atoms with E-state index >= 15 is 0 Å². The van der Waals surface area contributed by atoms with Gasteiger partial charge in [-0.05, 0) is 65.7 Å². The van der Waals surface area contributed by atoms with Crippen molar-refractivity contribution in [2.24, 2.45) is 0 Å². The molecule has 1 aliphatic heterocycles. The number of allylic oxidation sites excluding steroid dienone is 1. The van der Waals surface area contributed by atoms with Gasteiger partial charge in [0.25, 0.3) is 0 Å². The van der Waals surface area contributed by atoms with Crippen molar-refractivity contribution in [2.45, 2.75) is 65.0 Å². The lowest BCUT2D eigenvalue weighted by molar-refractivity contribution is -0.157. The average molecular weight is 412 g/mol. The van der Waals surface area contributed by atoms with Gasteiger partial charge in [-0.3, -0.25) is 0 Å². The van der Waals surface area contributed by atoms with E-state index in [2.05, 4.69) is 26.8 Å². The van der Waals surface area contributed by atoms with Crippen LogP contribution in [0.2, 0.25) is 0 Å². The van der Waals surface area contributed by atoms with Gasteiger partial charge in [-0.25, -0.2) is 4.79 Å². The minimum atomic E-state index is -0.547. The van der Waals surface area contributed by atoms with Crippen molar-refractivity contribution in [1.29, 1.82) is 0 Å². The van der Waals surface area contributed by atoms with Crippen LogP contribution in [0.25, 0.3) is 21.9 Å². The first-order valence-electron chi connectivity index (χ1n) is 10.3. The maximum absolute atomic E-state index is 11.6. The summed E-state index contributed by atoms with van der Waals surface area (Å²) in [6.07, 6.45) is 5.48. The van der Waals surface area contributed by atoms with E-state index in [9.17, 15) is 4.79 Å². The highest BCUT2D eigenvalue weighted by Gasteiger charge is 2.46. The fourth-order valence-electron chi connectivity index (χ4n) is 4.11. The molecule has 6 heteroatoms. The van der Waals surface area contributed by atoms with Crippen molar-refractivity contribution < 1.29 is 23.0 Å². The van der Waals surface area contributed by atoms with Crippen molar-refractivity contribution in [2.75, 3.05) is 6.61 Å². The van der Waals surface area contributed by atoms with Gasteiger partial charge in [0.15, 0.2) is 5.79 Å². The van der Waals surface area contributed by atoms with E-state index < -0.39 is 11.4 Å². The summed E-state index contributed by atoms with van der Waals surface area (Å²) in [4.78, 5) is 11.6. The van der Waals surface area contributed by atoms with Crippen molar-refractivity contribution in [3.63, 3.8) is 0 Å². The van der Waals surface area contributed by atoms with Crippen LogP contribution in [0.1, 0.15) is 47.5 Å². The van der Waals surface area contributed by atoms with Crippen LogP contribution in [-0.2, 0) is 9.47 Å². The molecule has 1 atom stereocenters. The van der Waals surface area contributed by atoms with E-state index in [0.717, 1.165) is 23.6 Å². The summed E-state index contributed by atoms with van der Waals surface area (Å²) >= 11 is 0. The van der Waals surface area contributed by atoms with Crippen LogP contribution in [0, 0.1) is 0 Å². The Hall–Kier alpha value is -2.57. The molecule has 1 fully saturated rings. The topological polar surface area (TPSA) is 71.0 Å². The van der Waals surface area contributed by atoms with Gasteiger partial charge < -0.3 is 23.0 Å². The lowest BCUT2D eigenvalue weighted by Crippen LogP contribution is -2.33. The highest BCUT2D eigenvalue weighted by atomic mass is 16.8. The van der Waals surface area contributed by atoms with E-state index in [4.69, 9.17) is 23.0 Å². The van der Waals surface area contributed by atoms with Crippen molar-refractivity contribution >= 4 is 21.9 Å². The van der Waals surface area contributed by atoms with Crippen molar-refractivity contribution in [1.82, 2.24) is 0 Å². The SMILES string of the molecule is C/C(=C\COc1c2ccoc2cc2oc(=O)ccc12)CC[C@@H]1OC(C)(C)OC1(C)C. The minimum absolute atomic E-state index is 0.0447. The summed E-state index contributed by atoms with van der Waals surface area (Å²) in [5.41, 5.74) is 1.58. The number of benzene rings is 1. The van der Waals surface area contributed by atoms with Gasteiger partial charge in [0, 0.05) is 12.1 Å². The average Bonchev–Trinajstić information content (AvgIpc) is 3.19. The molecule has 0 bridgehead atoms. The molecule has 0 N–H and O–H groups in total. The predicted octanol–water partition coefficient (Wildman–Crippen LogP) is 5.57. The Kier molecular flexibility index (Phi) is 5.24.